The first-order chi connectivity index (χ1) is 18.1. The zero-order chi connectivity index (χ0) is 27.8. The molecule has 3 atom stereocenters. The Hall–Kier alpha value is -3.60. The maximum absolute atomic E-state index is 13.6. The summed E-state index contributed by atoms with van der Waals surface area (Å²) in [4.78, 5) is 24.3. The standard InChI is InChI=1S/C28H34FN3O6/c1-17(2)26-24(13-12-21(34)14-22(35)15-25(36)37)32(20-10-8-19(29)9-11-20)31-27(26)28(38)30-23(16-33)18-6-4-3-5-7-18/h3-11,17,21-23,33-35H,12-16H2,1-2H3,(H,30,38)(H,36,37)/t21-,22-,23+/m1/s1. The quantitative estimate of drug-likeness (QED) is 0.230. The van der Waals surface area contributed by atoms with E-state index in [1.54, 1.807) is 16.8 Å². The first kappa shape index (κ1) is 29.0. The Kier molecular flexibility index (Phi) is 10.1. The number of halogens is 1. The highest BCUT2D eigenvalue weighted by Gasteiger charge is 2.28. The predicted octanol–water partition coefficient (Wildman–Crippen LogP) is 3.12. The van der Waals surface area contributed by atoms with E-state index >= 15 is 0 Å². The second-order valence-electron chi connectivity index (χ2n) is 9.55. The van der Waals surface area contributed by atoms with E-state index in [1.807, 2.05) is 32.0 Å². The number of carboxylic acid groups (broad SMARTS) is 1. The van der Waals surface area contributed by atoms with Gasteiger partial charge in [0.2, 0.25) is 0 Å². The van der Waals surface area contributed by atoms with Crippen LogP contribution in [0.15, 0.2) is 54.6 Å². The van der Waals surface area contributed by atoms with Crippen molar-refractivity contribution in [3.8, 4) is 5.69 Å². The Balaban J connectivity index is 1.96. The molecule has 1 aromatic heterocycles. The van der Waals surface area contributed by atoms with Crippen LogP contribution in [0.2, 0.25) is 0 Å². The van der Waals surface area contributed by atoms with E-state index in [0.29, 0.717) is 16.9 Å². The summed E-state index contributed by atoms with van der Waals surface area (Å²) in [5, 5.41) is 46.6. The number of carboxylic acids is 1. The lowest BCUT2D eigenvalue weighted by atomic mass is 9.95. The van der Waals surface area contributed by atoms with E-state index in [4.69, 9.17) is 5.11 Å². The highest BCUT2D eigenvalue weighted by molar-refractivity contribution is 5.94. The second kappa shape index (κ2) is 13.3. The minimum absolute atomic E-state index is 0.114. The maximum atomic E-state index is 13.6. The molecule has 38 heavy (non-hydrogen) atoms. The number of carbonyl (C=O) groups is 2. The number of rotatable bonds is 13. The number of aliphatic hydroxyl groups excluding tert-OH is 3. The molecule has 2 aromatic carbocycles. The van der Waals surface area contributed by atoms with Crippen molar-refractivity contribution in [2.45, 2.75) is 63.7 Å². The minimum Gasteiger partial charge on any atom is -0.481 e. The summed E-state index contributed by atoms with van der Waals surface area (Å²) in [6, 6.07) is 14.0. The lowest BCUT2D eigenvalue weighted by Crippen LogP contribution is -2.31. The van der Waals surface area contributed by atoms with Crippen molar-refractivity contribution < 1.29 is 34.4 Å². The molecule has 0 radical (unpaired) electrons. The molecule has 0 saturated heterocycles. The molecule has 1 heterocycles. The van der Waals surface area contributed by atoms with Gasteiger partial charge in [-0.3, -0.25) is 9.59 Å². The summed E-state index contributed by atoms with van der Waals surface area (Å²) in [5.41, 5.74) is 2.66. The van der Waals surface area contributed by atoms with Gasteiger partial charge in [-0.15, -0.1) is 0 Å². The van der Waals surface area contributed by atoms with E-state index in [-0.39, 0.29) is 37.5 Å². The summed E-state index contributed by atoms with van der Waals surface area (Å²) in [5.74, 6) is -2.23. The molecule has 9 nitrogen and oxygen atoms in total. The van der Waals surface area contributed by atoms with Crippen LogP contribution >= 0.6 is 0 Å². The van der Waals surface area contributed by atoms with Crippen LogP contribution in [-0.2, 0) is 11.2 Å². The third-order valence-corrected chi connectivity index (χ3v) is 6.24. The van der Waals surface area contributed by atoms with Crippen LogP contribution in [0.5, 0.6) is 0 Å². The van der Waals surface area contributed by atoms with Crippen LogP contribution in [-0.4, -0.2) is 60.9 Å². The van der Waals surface area contributed by atoms with Crippen LogP contribution in [0.25, 0.3) is 5.69 Å². The van der Waals surface area contributed by atoms with Gasteiger partial charge in [0.05, 0.1) is 37.0 Å². The summed E-state index contributed by atoms with van der Waals surface area (Å²) >= 11 is 0. The number of nitrogens with one attached hydrogen (secondary N) is 1. The van der Waals surface area contributed by atoms with Gasteiger partial charge in [-0.25, -0.2) is 9.07 Å². The molecule has 3 aromatic rings. The number of benzene rings is 2. The van der Waals surface area contributed by atoms with Gasteiger partial charge >= 0.3 is 5.97 Å². The van der Waals surface area contributed by atoms with E-state index in [0.717, 1.165) is 5.56 Å². The smallest absolute Gasteiger partial charge is 0.305 e. The van der Waals surface area contributed by atoms with Crippen molar-refractivity contribution in [3.05, 3.63) is 82.9 Å². The van der Waals surface area contributed by atoms with Gasteiger partial charge in [0, 0.05) is 11.3 Å². The SMILES string of the molecule is CC(C)c1c(C(=O)N[C@@H](CO)c2ccccc2)nn(-c2ccc(F)cc2)c1CC[C@@H](O)C[C@@H](O)CC(=O)O. The molecule has 0 bridgehead atoms. The van der Waals surface area contributed by atoms with Gasteiger partial charge < -0.3 is 25.7 Å². The highest BCUT2D eigenvalue weighted by atomic mass is 19.1. The molecule has 0 aliphatic rings. The van der Waals surface area contributed by atoms with Crippen molar-refractivity contribution in [1.82, 2.24) is 15.1 Å². The molecule has 1 amide bonds. The van der Waals surface area contributed by atoms with Crippen LogP contribution in [0, 0.1) is 5.82 Å². The third-order valence-electron chi connectivity index (χ3n) is 6.24. The molecule has 0 fully saturated rings. The van der Waals surface area contributed by atoms with Crippen LogP contribution in [0.4, 0.5) is 4.39 Å². The van der Waals surface area contributed by atoms with Crippen molar-refractivity contribution in [3.63, 3.8) is 0 Å². The van der Waals surface area contributed by atoms with Crippen LogP contribution in [0.1, 0.15) is 72.4 Å². The zero-order valence-corrected chi connectivity index (χ0v) is 21.4. The van der Waals surface area contributed by atoms with Crippen molar-refractivity contribution in [1.29, 1.82) is 0 Å². The van der Waals surface area contributed by atoms with Gasteiger partial charge in [-0.05, 0) is 55.0 Å². The van der Waals surface area contributed by atoms with Crippen molar-refractivity contribution >= 4 is 11.9 Å². The number of hydrogen-bond donors (Lipinski definition) is 5. The largest absolute Gasteiger partial charge is 0.481 e. The number of hydrogen-bond acceptors (Lipinski definition) is 6. The van der Waals surface area contributed by atoms with E-state index in [2.05, 4.69) is 10.4 Å². The summed E-state index contributed by atoms with van der Waals surface area (Å²) in [7, 11) is 0. The van der Waals surface area contributed by atoms with Crippen LogP contribution in [0.3, 0.4) is 0 Å². The summed E-state index contributed by atoms with van der Waals surface area (Å²) in [6.45, 7) is 3.49. The molecular weight excluding hydrogens is 493 g/mol. The number of aliphatic hydroxyl groups is 3. The Morgan fingerprint density at radius 2 is 1.68 bits per heavy atom. The first-order valence-electron chi connectivity index (χ1n) is 12.5. The number of nitrogens with zero attached hydrogens (tertiary/aromatic N) is 2. The molecule has 10 heteroatoms. The van der Waals surface area contributed by atoms with Gasteiger partial charge in [0.15, 0.2) is 5.69 Å². The molecular formula is C28H34FN3O6. The lowest BCUT2D eigenvalue weighted by Gasteiger charge is -2.18. The summed E-state index contributed by atoms with van der Waals surface area (Å²) in [6.07, 6.45) is -2.34. The molecule has 0 saturated carbocycles. The normalized spacial score (nSPS) is 13.8. The van der Waals surface area contributed by atoms with E-state index < -0.39 is 42.4 Å². The van der Waals surface area contributed by atoms with Crippen molar-refractivity contribution in [2.75, 3.05) is 6.61 Å². The predicted molar refractivity (Wildman–Crippen MR) is 139 cm³/mol. The van der Waals surface area contributed by atoms with Gasteiger partial charge in [0.1, 0.15) is 5.82 Å². The average molecular weight is 528 g/mol. The maximum Gasteiger partial charge on any atom is 0.305 e. The third kappa shape index (κ3) is 7.47. The number of amides is 1. The highest BCUT2D eigenvalue weighted by Crippen LogP contribution is 2.29. The van der Waals surface area contributed by atoms with Gasteiger partial charge in [-0.1, -0.05) is 44.2 Å². The molecule has 0 aliphatic heterocycles. The number of aliphatic carboxylic acids is 1. The lowest BCUT2D eigenvalue weighted by molar-refractivity contribution is -0.139. The molecule has 5 N–H and O–H groups in total. The molecule has 3 rings (SSSR count). The Morgan fingerprint density at radius 3 is 2.26 bits per heavy atom. The fourth-order valence-electron chi connectivity index (χ4n) is 4.44. The molecule has 0 aliphatic carbocycles. The van der Waals surface area contributed by atoms with Crippen molar-refractivity contribution in [2.24, 2.45) is 0 Å². The molecule has 0 unspecified atom stereocenters. The van der Waals surface area contributed by atoms with E-state index in [1.165, 1.54) is 24.3 Å². The fraction of sp³-hybridized carbons (Fsp3) is 0.393. The topological polar surface area (TPSA) is 145 Å². The van der Waals surface area contributed by atoms with E-state index in [9.17, 15) is 29.3 Å². The Morgan fingerprint density at radius 1 is 1.03 bits per heavy atom. The van der Waals surface area contributed by atoms with Gasteiger partial charge in [-0.2, -0.15) is 5.10 Å². The fourth-order valence-corrected chi connectivity index (χ4v) is 4.44. The number of aromatic nitrogens is 2. The van der Waals surface area contributed by atoms with Gasteiger partial charge in [0.25, 0.3) is 5.91 Å². The first-order valence-corrected chi connectivity index (χ1v) is 12.5. The van der Waals surface area contributed by atoms with Crippen LogP contribution < -0.4 is 5.32 Å². The average Bonchev–Trinajstić information content (AvgIpc) is 3.26. The Labute approximate surface area is 220 Å². The summed E-state index contributed by atoms with van der Waals surface area (Å²) < 4.78 is 15.2. The monoisotopic (exact) mass is 527 g/mol. The second-order valence-corrected chi connectivity index (χ2v) is 9.55. The minimum atomic E-state index is -1.19. The zero-order valence-electron chi connectivity index (χ0n) is 21.4. The Bertz CT molecular complexity index is 1210. The molecule has 0 spiro atoms. The number of carbonyl (C=O) groups excluding carboxylic acids is 1. The molecule has 204 valence electrons.